The van der Waals surface area contributed by atoms with Gasteiger partial charge in [-0.3, -0.25) is 4.79 Å². The molecule has 2 aromatic rings. The van der Waals surface area contributed by atoms with E-state index in [0.717, 1.165) is 17.0 Å². The monoisotopic (exact) mass is 277 g/mol. The van der Waals surface area contributed by atoms with Gasteiger partial charge >= 0.3 is 5.97 Å². The fourth-order valence-corrected chi connectivity index (χ4v) is 2.70. The third-order valence-electron chi connectivity index (χ3n) is 2.83. The summed E-state index contributed by atoms with van der Waals surface area (Å²) in [6.45, 7) is 1.87. The van der Waals surface area contributed by atoms with Crippen molar-refractivity contribution in [1.29, 1.82) is 0 Å². The lowest BCUT2D eigenvalue weighted by molar-refractivity contribution is -0.138. The number of ether oxygens (including phenoxy) is 1. The van der Waals surface area contributed by atoms with Gasteiger partial charge in [-0.2, -0.15) is 0 Å². The number of benzene rings is 1. The molecule has 0 bridgehead atoms. The number of rotatable bonds is 5. The highest BCUT2D eigenvalue weighted by atomic mass is 32.1. The predicted octanol–water partition coefficient (Wildman–Crippen LogP) is 2.87. The fraction of sp³-hybridized carbons (Fsp3) is 0.286. The highest BCUT2D eigenvalue weighted by molar-refractivity contribution is 7.09. The number of aromatic nitrogens is 1. The molecule has 1 unspecified atom stereocenters. The van der Waals surface area contributed by atoms with Crippen molar-refractivity contribution in [2.45, 2.75) is 19.3 Å². The van der Waals surface area contributed by atoms with Crippen molar-refractivity contribution in [2.75, 3.05) is 7.11 Å². The molecular formula is C14H15NO3S. The van der Waals surface area contributed by atoms with Gasteiger partial charge < -0.3 is 9.84 Å². The fourth-order valence-electron chi connectivity index (χ4n) is 1.81. The van der Waals surface area contributed by atoms with Crippen LogP contribution in [0.25, 0.3) is 0 Å². The van der Waals surface area contributed by atoms with Gasteiger partial charge in [0, 0.05) is 11.1 Å². The summed E-state index contributed by atoms with van der Waals surface area (Å²) in [5.41, 5.74) is 1.82. The molecule has 100 valence electrons. The van der Waals surface area contributed by atoms with Crippen LogP contribution in [0.2, 0.25) is 0 Å². The van der Waals surface area contributed by atoms with Gasteiger partial charge in [-0.25, -0.2) is 4.98 Å². The number of hydrogen-bond acceptors (Lipinski definition) is 4. The average molecular weight is 277 g/mol. The van der Waals surface area contributed by atoms with Crippen LogP contribution >= 0.6 is 11.3 Å². The van der Waals surface area contributed by atoms with Gasteiger partial charge in [0.1, 0.15) is 16.7 Å². The number of thiazole rings is 1. The van der Waals surface area contributed by atoms with Crippen molar-refractivity contribution >= 4 is 17.3 Å². The topological polar surface area (TPSA) is 59.4 Å². The lowest BCUT2D eigenvalue weighted by Crippen LogP contribution is -2.14. The maximum Gasteiger partial charge on any atom is 0.313 e. The molecule has 0 aliphatic carbocycles. The normalized spacial score (nSPS) is 12.1. The minimum Gasteiger partial charge on any atom is -0.497 e. The Kier molecular flexibility index (Phi) is 4.16. The van der Waals surface area contributed by atoms with Crippen LogP contribution in [0.4, 0.5) is 0 Å². The Morgan fingerprint density at radius 3 is 2.58 bits per heavy atom. The van der Waals surface area contributed by atoms with Crippen LogP contribution in [0.3, 0.4) is 0 Å². The lowest BCUT2D eigenvalue weighted by Gasteiger charge is -2.10. The minimum absolute atomic E-state index is 0.437. The Bertz CT molecular complexity index is 562. The number of aliphatic carboxylic acids is 1. The second-order valence-electron chi connectivity index (χ2n) is 4.27. The number of carbonyl (C=O) groups is 1. The highest BCUT2D eigenvalue weighted by Crippen LogP contribution is 2.25. The molecule has 1 heterocycles. The third-order valence-corrected chi connectivity index (χ3v) is 3.91. The number of aryl methyl sites for hydroxylation is 1. The first kappa shape index (κ1) is 13.5. The Labute approximate surface area is 115 Å². The largest absolute Gasteiger partial charge is 0.497 e. The van der Waals surface area contributed by atoms with E-state index in [-0.39, 0.29) is 0 Å². The molecule has 1 N–H and O–H groups in total. The molecule has 19 heavy (non-hydrogen) atoms. The molecule has 1 atom stereocenters. The molecule has 0 fully saturated rings. The van der Waals surface area contributed by atoms with E-state index in [1.54, 1.807) is 7.11 Å². The average Bonchev–Trinajstić information content (AvgIpc) is 2.82. The molecule has 0 spiro atoms. The first-order valence-electron chi connectivity index (χ1n) is 5.88. The van der Waals surface area contributed by atoms with Gasteiger partial charge in [-0.1, -0.05) is 12.1 Å². The van der Waals surface area contributed by atoms with E-state index < -0.39 is 11.9 Å². The molecule has 2 rings (SSSR count). The number of carboxylic acid groups (broad SMARTS) is 1. The van der Waals surface area contributed by atoms with E-state index in [9.17, 15) is 9.90 Å². The molecule has 0 aliphatic heterocycles. The first-order valence-corrected chi connectivity index (χ1v) is 6.76. The summed E-state index contributed by atoms with van der Waals surface area (Å²) in [6, 6.07) is 7.44. The zero-order chi connectivity index (χ0) is 13.8. The smallest absolute Gasteiger partial charge is 0.313 e. The molecule has 0 saturated carbocycles. The van der Waals surface area contributed by atoms with Crippen LogP contribution in [0, 0.1) is 6.92 Å². The van der Waals surface area contributed by atoms with Crippen LogP contribution in [-0.4, -0.2) is 23.2 Å². The number of hydrogen-bond donors (Lipinski definition) is 1. The van der Waals surface area contributed by atoms with Gasteiger partial charge in [-0.15, -0.1) is 11.3 Å². The summed E-state index contributed by atoms with van der Waals surface area (Å²) >= 11 is 1.40. The molecule has 0 aliphatic rings. The Balaban J connectivity index is 2.18. The molecule has 0 saturated heterocycles. The highest BCUT2D eigenvalue weighted by Gasteiger charge is 2.23. The van der Waals surface area contributed by atoms with Crippen molar-refractivity contribution in [3.63, 3.8) is 0 Å². The van der Waals surface area contributed by atoms with Gasteiger partial charge in [0.2, 0.25) is 0 Å². The lowest BCUT2D eigenvalue weighted by atomic mass is 10.00. The zero-order valence-corrected chi connectivity index (χ0v) is 11.6. The van der Waals surface area contributed by atoms with Crippen molar-refractivity contribution < 1.29 is 14.6 Å². The minimum atomic E-state index is -0.842. The Morgan fingerprint density at radius 2 is 2.11 bits per heavy atom. The van der Waals surface area contributed by atoms with E-state index in [1.165, 1.54) is 11.3 Å². The molecule has 1 aromatic heterocycles. The summed E-state index contributed by atoms with van der Waals surface area (Å²) in [6.07, 6.45) is 0.437. The Hall–Kier alpha value is -1.88. The van der Waals surface area contributed by atoms with Crippen LogP contribution in [0.5, 0.6) is 5.75 Å². The molecule has 4 nitrogen and oxygen atoms in total. The summed E-state index contributed by atoms with van der Waals surface area (Å²) in [5.74, 6) is -0.669. The predicted molar refractivity (Wildman–Crippen MR) is 73.9 cm³/mol. The molecule has 0 radical (unpaired) electrons. The second kappa shape index (κ2) is 5.84. The van der Waals surface area contributed by atoms with Crippen LogP contribution < -0.4 is 4.74 Å². The van der Waals surface area contributed by atoms with Gasteiger partial charge in [-0.05, 0) is 31.0 Å². The maximum absolute atomic E-state index is 11.4. The SMILES string of the molecule is COc1ccc(CC(C(=O)O)c2nc(C)cs2)cc1. The summed E-state index contributed by atoms with van der Waals surface area (Å²) < 4.78 is 5.08. The number of carboxylic acids is 1. The third kappa shape index (κ3) is 3.32. The maximum atomic E-state index is 11.4. The molecular weight excluding hydrogens is 262 g/mol. The van der Waals surface area contributed by atoms with E-state index >= 15 is 0 Å². The van der Waals surface area contributed by atoms with Crippen molar-refractivity contribution in [3.8, 4) is 5.75 Å². The van der Waals surface area contributed by atoms with Gasteiger partial charge in [0.25, 0.3) is 0 Å². The summed E-state index contributed by atoms with van der Waals surface area (Å²) in [4.78, 5) is 15.7. The van der Waals surface area contributed by atoms with E-state index in [4.69, 9.17) is 4.74 Å². The summed E-state index contributed by atoms with van der Waals surface area (Å²) in [7, 11) is 1.60. The zero-order valence-electron chi connectivity index (χ0n) is 10.8. The summed E-state index contributed by atoms with van der Waals surface area (Å²) in [5, 5.41) is 11.9. The molecule has 1 aromatic carbocycles. The second-order valence-corrected chi connectivity index (χ2v) is 5.16. The van der Waals surface area contributed by atoms with Gasteiger partial charge in [0.15, 0.2) is 0 Å². The Morgan fingerprint density at radius 1 is 1.42 bits per heavy atom. The van der Waals surface area contributed by atoms with E-state index in [0.29, 0.717) is 11.4 Å². The van der Waals surface area contributed by atoms with Crippen LogP contribution in [0.15, 0.2) is 29.6 Å². The van der Waals surface area contributed by atoms with E-state index in [1.807, 2.05) is 36.6 Å². The van der Waals surface area contributed by atoms with Crippen LogP contribution in [0.1, 0.15) is 22.2 Å². The van der Waals surface area contributed by atoms with Crippen molar-refractivity contribution in [2.24, 2.45) is 0 Å². The van der Waals surface area contributed by atoms with Crippen molar-refractivity contribution in [3.05, 3.63) is 45.9 Å². The van der Waals surface area contributed by atoms with Crippen molar-refractivity contribution in [1.82, 2.24) is 4.98 Å². The quantitative estimate of drug-likeness (QED) is 0.913. The molecule has 5 heteroatoms. The molecule has 0 amide bonds. The standard InChI is InChI=1S/C14H15NO3S/c1-9-8-19-13(15-9)12(14(16)17)7-10-3-5-11(18-2)6-4-10/h3-6,8,12H,7H2,1-2H3,(H,16,17). The first-order chi connectivity index (χ1) is 9.10. The van der Waals surface area contributed by atoms with Crippen LogP contribution in [-0.2, 0) is 11.2 Å². The van der Waals surface area contributed by atoms with E-state index in [2.05, 4.69) is 4.98 Å². The number of nitrogens with zero attached hydrogens (tertiary/aromatic N) is 1. The van der Waals surface area contributed by atoms with Gasteiger partial charge in [0.05, 0.1) is 7.11 Å². The number of methoxy groups -OCH3 is 1.